The van der Waals surface area contributed by atoms with Crippen LogP contribution in [0.2, 0.25) is 0 Å². The first-order valence-electron chi connectivity index (χ1n) is 5.79. The van der Waals surface area contributed by atoms with Gasteiger partial charge in [-0.25, -0.2) is 4.98 Å². The number of halogens is 1. The number of aromatic nitrogens is 1. The van der Waals surface area contributed by atoms with Crippen molar-refractivity contribution in [3.05, 3.63) is 29.8 Å². The third-order valence-corrected chi connectivity index (χ3v) is 2.27. The molecule has 0 unspecified atom stereocenters. The van der Waals surface area contributed by atoms with E-state index in [0.29, 0.717) is 13.2 Å². The molecule has 1 rings (SSSR count). The molecule has 0 aliphatic heterocycles. The number of nitrogens with zero attached hydrogens (tertiary/aromatic N) is 1. The summed E-state index contributed by atoms with van der Waals surface area (Å²) in [5.41, 5.74) is -0.137. The van der Waals surface area contributed by atoms with E-state index < -0.39 is 11.9 Å². The lowest BCUT2D eigenvalue weighted by molar-refractivity contribution is -0.121. The molecule has 0 bridgehead atoms. The van der Waals surface area contributed by atoms with E-state index in [1.165, 1.54) is 25.4 Å². The van der Waals surface area contributed by atoms with Gasteiger partial charge in [0.15, 0.2) is 0 Å². The average Bonchev–Trinajstić information content (AvgIpc) is 2.39. The third kappa shape index (κ3) is 5.43. The monoisotopic (exact) mass is 269 g/mol. The van der Waals surface area contributed by atoms with Crippen molar-refractivity contribution in [1.82, 2.24) is 15.6 Å². The molecule has 0 saturated carbocycles. The molecule has 0 fully saturated rings. The van der Waals surface area contributed by atoms with Crippen molar-refractivity contribution in [3.63, 3.8) is 0 Å². The minimum Gasteiger partial charge on any atom is -0.383 e. The Labute approximate surface area is 110 Å². The third-order valence-electron chi connectivity index (χ3n) is 2.27. The topological polar surface area (TPSA) is 80.3 Å². The van der Waals surface area contributed by atoms with Gasteiger partial charge in [0.25, 0.3) is 5.91 Å². The lowest BCUT2D eigenvalue weighted by Crippen LogP contribution is -2.32. The molecule has 0 radical (unpaired) electrons. The Bertz CT molecular complexity index is 440. The smallest absolute Gasteiger partial charge is 0.255 e. The second kappa shape index (κ2) is 8.15. The van der Waals surface area contributed by atoms with Crippen molar-refractivity contribution in [2.75, 3.05) is 26.8 Å². The molecule has 104 valence electrons. The zero-order chi connectivity index (χ0) is 14.1. The summed E-state index contributed by atoms with van der Waals surface area (Å²) in [6.07, 6.45) is 1.38. The van der Waals surface area contributed by atoms with Crippen molar-refractivity contribution < 1.29 is 18.7 Å². The molecular weight excluding hydrogens is 253 g/mol. The number of nitrogens with one attached hydrogen (secondary N) is 2. The van der Waals surface area contributed by atoms with Gasteiger partial charge in [0, 0.05) is 32.8 Å². The normalized spacial score (nSPS) is 10.0. The molecule has 6 nitrogen and oxygen atoms in total. The van der Waals surface area contributed by atoms with Crippen LogP contribution in [0.25, 0.3) is 0 Å². The van der Waals surface area contributed by atoms with Crippen LogP contribution in [-0.4, -0.2) is 43.6 Å². The highest BCUT2D eigenvalue weighted by molar-refractivity contribution is 5.94. The maximum atomic E-state index is 13.2. The second-order valence-electron chi connectivity index (χ2n) is 3.69. The van der Waals surface area contributed by atoms with Gasteiger partial charge in [0.2, 0.25) is 11.9 Å². The minimum atomic E-state index is -0.829. The molecule has 2 N–H and O–H groups in total. The fourth-order valence-electron chi connectivity index (χ4n) is 1.32. The molecule has 0 spiro atoms. The molecular formula is C12H16FN3O3. The molecule has 0 aliphatic carbocycles. The van der Waals surface area contributed by atoms with Gasteiger partial charge in [-0.3, -0.25) is 9.59 Å². The SMILES string of the molecule is COCCNC(=O)CCNC(=O)c1cccnc1F. The number of carbonyl (C=O) groups excluding carboxylic acids is 2. The Morgan fingerprint density at radius 1 is 1.37 bits per heavy atom. The average molecular weight is 269 g/mol. The van der Waals surface area contributed by atoms with Crippen LogP contribution in [0.5, 0.6) is 0 Å². The molecule has 1 aromatic rings. The van der Waals surface area contributed by atoms with E-state index in [-0.39, 0.29) is 24.4 Å². The van der Waals surface area contributed by atoms with E-state index >= 15 is 0 Å². The molecule has 0 aromatic carbocycles. The molecule has 1 heterocycles. The van der Waals surface area contributed by atoms with E-state index in [9.17, 15) is 14.0 Å². The fourth-order valence-corrected chi connectivity index (χ4v) is 1.32. The minimum absolute atomic E-state index is 0.122. The molecule has 1 aromatic heterocycles. The maximum Gasteiger partial charge on any atom is 0.255 e. The highest BCUT2D eigenvalue weighted by Crippen LogP contribution is 2.02. The molecule has 0 atom stereocenters. The van der Waals surface area contributed by atoms with Crippen molar-refractivity contribution in [3.8, 4) is 0 Å². The fraction of sp³-hybridized carbons (Fsp3) is 0.417. The highest BCUT2D eigenvalue weighted by Gasteiger charge is 2.11. The summed E-state index contributed by atoms with van der Waals surface area (Å²) in [5.74, 6) is -1.62. The van der Waals surface area contributed by atoms with Crippen LogP contribution in [0.4, 0.5) is 4.39 Å². The van der Waals surface area contributed by atoms with Gasteiger partial charge in [-0.05, 0) is 12.1 Å². The second-order valence-corrected chi connectivity index (χ2v) is 3.69. The van der Waals surface area contributed by atoms with Crippen molar-refractivity contribution >= 4 is 11.8 Å². The van der Waals surface area contributed by atoms with Crippen LogP contribution in [-0.2, 0) is 9.53 Å². The van der Waals surface area contributed by atoms with E-state index in [4.69, 9.17) is 4.74 Å². The largest absolute Gasteiger partial charge is 0.383 e. The Morgan fingerprint density at radius 3 is 2.84 bits per heavy atom. The van der Waals surface area contributed by atoms with Crippen LogP contribution < -0.4 is 10.6 Å². The predicted molar refractivity (Wildman–Crippen MR) is 66.0 cm³/mol. The summed E-state index contributed by atoms with van der Waals surface area (Å²) < 4.78 is 17.9. The number of pyridine rings is 1. The Morgan fingerprint density at radius 2 is 2.16 bits per heavy atom. The summed E-state index contributed by atoms with van der Waals surface area (Å²) in [4.78, 5) is 26.2. The lowest BCUT2D eigenvalue weighted by Gasteiger charge is -2.06. The number of hydrogen-bond donors (Lipinski definition) is 2. The number of ether oxygens (including phenoxy) is 1. The predicted octanol–water partition coefficient (Wildman–Crippen LogP) is 0.103. The van der Waals surface area contributed by atoms with Crippen molar-refractivity contribution in [1.29, 1.82) is 0 Å². The molecule has 0 saturated heterocycles. The number of hydrogen-bond acceptors (Lipinski definition) is 4. The molecule has 0 aliphatic rings. The number of rotatable bonds is 7. The number of methoxy groups -OCH3 is 1. The molecule has 2 amide bonds. The lowest BCUT2D eigenvalue weighted by atomic mass is 10.2. The molecule has 7 heteroatoms. The van der Waals surface area contributed by atoms with Gasteiger partial charge in [-0.15, -0.1) is 0 Å². The quantitative estimate of drug-likeness (QED) is 0.543. The first kappa shape index (κ1) is 15.0. The molecule has 19 heavy (non-hydrogen) atoms. The standard InChI is InChI=1S/C12H16FN3O3/c1-19-8-7-14-10(17)4-6-16-12(18)9-3-2-5-15-11(9)13/h2-3,5H,4,6-8H2,1H3,(H,14,17)(H,16,18). The van der Waals surface area contributed by atoms with Crippen LogP contribution in [0, 0.1) is 5.95 Å². The van der Waals surface area contributed by atoms with Gasteiger partial charge in [-0.1, -0.05) is 0 Å². The van der Waals surface area contributed by atoms with Gasteiger partial charge in [-0.2, -0.15) is 4.39 Å². The Balaban J connectivity index is 2.28. The summed E-state index contributed by atoms with van der Waals surface area (Å²) in [6.45, 7) is 0.978. The van der Waals surface area contributed by atoms with E-state index in [1.54, 1.807) is 0 Å². The van der Waals surface area contributed by atoms with Crippen LogP contribution in [0.15, 0.2) is 18.3 Å². The first-order valence-corrected chi connectivity index (χ1v) is 5.79. The van der Waals surface area contributed by atoms with Crippen LogP contribution >= 0.6 is 0 Å². The highest BCUT2D eigenvalue weighted by atomic mass is 19.1. The Kier molecular flexibility index (Phi) is 6.45. The van der Waals surface area contributed by atoms with E-state index in [2.05, 4.69) is 15.6 Å². The van der Waals surface area contributed by atoms with Crippen molar-refractivity contribution in [2.24, 2.45) is 0 Å². The summed E-state index contributed by atoms with van der Waals surface area (Å²) in [7, 11) is 1.54. The first-order chi connectivity index (χ1) is 9.15. The van der Waals surface area contributed by atoms with Crippen LogP contribution in [0.3, 0.4) is 0 Å². The summed E-state index contributed by atoms with van der Waals surface area (Å²) in [6, 6.07) is 2.80. The summed E-state index contributed by atoms with van der Waals surface area (Å²) >= 11 is 0. The van der Waals surface area contributed by atoms with Gasteiger partial charge >= 0.3 is 0 Å². The number of amides is 2. The zero-order valence-corrected chi connectivity index (χ0v) is 10.6. The van der Waals surface area contributed by atoms with Gasteiger partial charge in [0.1, 0.15) is 0 Å². The van der Waals surface area contributed by atoms with E-state index in [1.807, 2.05) is 0 Å². The number of carbonyl (C=O) groups is 2. The van der Waals surface area contributed by atoms with Crippen molar-refractivity contribution in [2.45, 2.75) is 6.42 Å². The van der Waals surface area contributed by atoms with Crippen LogP contribution in [0.1, 0.15) is 16.8 Å². The summed E-state index contributed by atoms with van der Waals surface area (Å²) in [5, 5.41) is 5.06. The van der Waals surface area contributed by atoms with Gasteiger partial charge < -0.3 is 15.4 Å². The zero-order valence-electron chi connectivity index (χ0n) is 10.6. The maximum absolute atomic E-state index is 13.2. The van der Waals surface area contributed by atoms with Gasteiger partial charge in [0.05, 0.1) is 12.2 Å². The van der Waals surface area contributed by atoms with E-state index in [0.717, 1.165) is 0 Å². The Hall–Kier alpha value is -2.02.